The molecule has 0 spiro atoms. The Morgan fingerprint density at radius 1 is 1.28 bits per heavy atom. The van der Waals surface area contributed by atoms with Gasteiger partial charge in [0.2, 0.25) is 0 Å². The lowest BCUT2D eigenvalue weighted by Crippen LogP contribution is -2.36. The fourth-order valence-corrected chi connectivity index (χ4v) is 1.95. The highest BCUT2D eigenvalue weighted by Crippen LogP contribution is 2.24. The Hall–Kier alpha value is -0.900. The summed E-state index contributed by atoms with van der Waals surface area (Å²) in [7, 11) is 2.07. The van der Waals surface area contributed by atoms with Crippen molar-refractivity contribution in [1.82, 2.24) is 10.3 Å². The normalized spacial score (nSPS) is 12.2. The average Bonchev–Trinajstić information content (AvgIpc) is 2.26. The molecule has 0 fully saturated rings. The molecule has 0 aliphatic heterocycles. The van der Waals surface area contributed by atoms with Crippen LogP contribution in [0.4, 0.5) is 0 Å². The fourth-order valence-electron chi connectivity index (χ4n) is 1.95. The Balaban J connectivity index is 2.76. The number of hydrogen-bond acceptors (Lipinski definition) is 3. The standard InChI is InChI=1S/C15H27N3/c1-12-6-7-14(15(2,3)4)10-13(12)8-9-18(5)11-17-16/h6-7,10,17H,8-9,11,16H2,1-5H3. The van der Waals surface area contributed by atoms with Crippen molar-refractivity contribution in [3.8, 4) is 0 Å². The Kier molecular flexibility index (Phi) is 5.32. The van der Waals surface area contributed by atoms with Crippen LogP contribution in [0.1, 0.15) is 37.5 Å². The van der Waals surface area contributed by atoms with Gasteiger partial charge in [-0.25, -0.2) is 5.43 Å². The van der Waals surface area contributed by atoms with E-state index >= 15 is 0 Å². The molecule has 0 aliphatic rings. The number of nitrogens with two attached hydrogens (primary N) is 1. The van der Waals surface area contributed by atoms with Gasteiger partial charge in [0.1, 0.15) is 0 Å². The molecule has 1 aromatic carbocycles. The van der Waals surface area contributed by atoms with Gasteiger partial charge in [0.25, 0.3) is 0 Å². The summed E-state index contributed by atoms with van der Waals surface area (Å²) in [5.74, 6) is 5.32. The first-order valence-electron chi connectivity index (χ1n) is 6.56. The molecule has 0 bridgehead atoms. The largest absolute Gasteiger partial charge is 0.292 e. The lowest BCUT2D eigenvalue weighted by Gasteiger charge is -2.22. The van der Waals surface area contributed by atoms with Crippen molar-refractivity contribution in [3.63, 3.8) is 0 Å². The van der Waals surface area contributed by atoms with E-state index < -0.39 is 0 Å². The van der Waals surface area contributed by atoms with Crippen molar-refractivity contribution < 1.29 is 0 Å². The van der Waals surface area contributed by atoms with Crippen LogP contribution in [-0.2, 0) is 11.8 Å². The monoisotopic (exact) mass is 249 g/mol. The van der Waals surface area contributed by atoms with Crippen LogP contribution in [0.25, 0.3) is 0 Å². The summed E-state index contributed by atoms with van der Waals surface area (Å²) in [5.41, 5.74) is 7.11. The van der Waals surface area contributed by atoms with Gasteiger partial charge in [-0.1, -0.05) is 39.0 Å². The number of aryl methyl sites for hydroxylation is 1. The van der Waals surface area contributed by atoms with Crippen LogP contribution >= 0.6 is 0 Å². The highest BCUT2D eigenvalue weighted by Gasteiger charge is 2.14. The minimum atomic E-state index is 0.215. The molecule has 1 rings (SSSR count). The van der Waals surface area contributed by atoms with E-state index in [1.807, 2.05) is 0 Å². The number of rotatable bonds is 5. The molecule has 0 aliphatic carbocycles. The third-order valence-corrected chi connectivity index (χ3v) is 3.34. The van der Waals surface area contributed by atoms with Gasteiger partial charge in [-0.05, 0) is 42.5 Å². The van der Waals surface area contributed by atoms with Gasteiger partial charge < -0.3 is 0 Å². The fraction of sp³-hybridized carbons (Fsp3) is 0.600. The molecule has 0 saturated heterocycles. The van der Waals surface area contributed by atoms with Gasteiger partial charge in [-0.15, -0.1) is 0 Å². The molecule has 18 heavy (non-hydrogen) atoms. The number of hydrazine groups is 1. The molecule has 1 aromatic rings. The molecule has 0 radical (unpaired) electrons. The van der Waals surface area contributed by atoms with E-state index in [2.05, 4.69) is 63.3 Å². The van der Waals surface area contributed by atoms with Gasteiger partial charge in [0.15, 0.2) is 0 Å². The molecule has 3 N–H and O–H groups in total. The number of nitrogens with one attached hydrogen (secondary N) is 1. The smallest absolute Gasteiger partial charge is 0.0610 e. The quantitative estimate of drug-likeness (QED) is 0.477. The van der Waals surface area contributed by atoms with E-state index in [9.17, 15) is 0 Å². The highest BCUT2D eigenvalue weighted by atomic mass is 15.3. The first-order chi connectivity index (χ1) is 8.34. The van der Waals surface area contributed by atoms with Crippen molar-refractivity contribution in [2.75, 3.05) is 20.3 Å². The second kappa shape index (κ2) is 6.32. The van der Waals surface area contributed by atoms with Crippen LogP contribution in [0, 0.1) is 6.92 Å². The van der Waals surface area contributed by atoms with E-state index in [0.29, 0.717) is 0 Å². The molecular formula is C15H27N3. The third-order valence-electron chi connectivity index (χ3n) is 3.34. The van der Waals surface area contributed by atoms with E-state index in [1.165, 1.54) is 16.7 Å². The van der Waals surface area contributed by atoms with E-state index in [-0.39, 0.29) is 5.41 Å². The lowest BCUT2D eigenvalue weighted by atomic mass is 9.85. The third kappa shape index (κ3) is 4.41. The van der Waals surface area contributed by atoms with Crippen LogP contribution in [0.5, 0.6) is 0 Å². The second-order valence-corrected chi connectivity index (χ2v) is 6.08. The van der Waals surface area contributed by atoms with Crippen molar-refractivity contribution in [2.45, 2.75) is 39.5 Å². The molecule has 0 atom stereocenters. The number of likely N-dealkylation sites (N-methyl/N-ethyl adjacent to an activating group) is 1. The van der Waals surface area contributed by atoms with Gasteiger partial charge in [-0.3, -0.25) is 10.7 Å². The topological polar surface area (TPSA) is 41.3 Å². The summed E-state index contributed by atoms with van der Waals surface area (Å²) in [4.78, 5) is 2.18. The molecule has 0 aromatic heterocycles. The van der Waals surface area contributed by atoms with Gasteiger partial charge in [0.05, 0.1) is 6.67 Å². The molecule has 0 saturated carbocycles. The van der Waals surface area contributed by atoms with Crippen molar-refractivity contribution in [1.29, 1.82) is 0 Å². The maximum absolute atomic E-state index is 5.32. The Morgan fingerprint density at radius 2 is 1.94 bits per heavy atom. The SMILES string of the molecule is Cc1ccc(C(C)(C)C)cc1CCN(C)CNN. The van der Waals surface area contributed by atoms with Crippen molar-refractivity contribution in [2.24, 2.45) is 5.84 Å². The van der Waals surface area contributed by atoms with Crippen LogP contribution in [0.3, 0.4) is 0 Å². The summed E-state index contributed by atoms with van der Waals surface area (Å²) in [6.07, 6.45) is 1.06. The maximum atomic E-state index is 5.32. The first-order valence-corrected chi connectivity index (χ1v) is 6.56. The van der Waals surface area contributed by atoms with Crippen LogP contribution in [0.15, 0.2) is 18.2 Å². The zero-order valence-corrected chi connectivity index (χ0v) is 12.4. The Bertz CT molecular complexity index is 380. The number of benzene rings is 1. The predicted molar refractivity (Wildman–Crippen MR) is 78.4 cm³/mol. The summed E-state index contributed by atoms with van der Waals surface area (Å²) in [6.45, 7) is 10.7. The van der Waals surface area contributed by atoms with Crippen LogP contribution in [-0.4, -0.2) is 25.2 Å². The van der Waals surface area contributed by atoms with Crippen molar-refractivity contribution >= 4 is 0 Å². The molecule has 0 amide bonds. The summed E-state index contributed by atoms with van der Waals surface area (Å²) in [6, 6.07) is 6.82. The van der Waals surface area contributed by atoms with Gasteiger partial charge >= 0.3 is 0 Å². The first kappa shape index (κ1) is 15.2. The van der Waals surface area contributed by atoms with Crippen molar-refractivity contribution in [3.05, 3.63) is 34.9 Å². The molecule has 102 valence electrons. The van der Waals surface area contributed by atoms with Crippen LogP contribution < -0.4 is 11.3 Å². The minimum absolute atomic E-state index is 0.215. The molecular weight excluding hydrogens is 222 g/mol. The zero-order chi connectivity index (χ0) is 13.8. The second-order valence-electron chi connectivity index (χ2n) is 6.08. The molecule has 0 unspecified atom stereocenters. The average molecular weight is 249 g/mol. The van der Waals surface area contributed by atoms with Gasteiger partial charge in [0, 0.05) is 6.54 Å². The summed E-state index contributed by atoms with van der Waals surface area (Å²) >= 11 is 0. The maximum Gasteiger partial charge on any atom is 0.0610 e. The number of hydrogen-bond donors (Lipinski definition) is 2. The lowest BCUT2D eigenvalue weighted by molar-refractivity contribution is 0.312. The molecule has 0 heterocycles. The van der Waals surface area contributed by atoms with E-state index in [0.717, 1.165) is 19.6 Å². The molecule has 3 heteroatoms. The zero-order valence-electron chi connectivity index (χ0n) is 12.4. The number of nitrogens with zero attached hydrogens (tertiary/aromatic N) is 1. The summed E-state index contributed by atoms with van der Waals surface area (Å²) in [5, 5.41) is 0. The summed E-state index contributed by atoms with van der Waals surface area (Å²) < 4.78 is 0. The Morgan fingerprint density at radius 3 is 2.50 bits per heavy atom. The minimum Gasteiger partial charge on any atom is -0.292 e. The van der Waals surface area contributed by atoms with Crippen LogP contribution in [0.2, 0.25) is 0 Å². The predicted octanol–water partition coefficient (Wildman–Crippen LogP) is 2.19. The van der Waals surface area contributed by atoms with E-state index in [4.69, 9.17) is 5.84 Å². The Labute approximate surface area is 111 Å². The highest BCUT2D eigenvalue weighted by molar-refractivity contribution is 5.34. The van der Waals surface area contributed by atoms with Gasteiger partial charge in [-0.2, -0.15) is 0 Å². The molecule has 3 nitrogen and oxygen atoms in total. The van der Waals surface area contributed by atoms with E-state index in [1.54, 1.807) is 0 Å².